The van der Waals surface area contributed by atoms with Crippen LogP contribution in [0.2, 0.25) is 18.1 Å². The van der Waals surface area contributed by atoms with Gasteiger partial charge in [0.25, 0.3) is 0 Å². The van der Waals surface area contributed by atoms with Gasteiger partial charge < -0.3 is 4.43 Å². The molecule has 0 aliphatic rings. The summed E-state index contributed by atoms with van der Waals surface area (Å²) in [6, 6.07) is 0. The standard InChI is InChI=1S/C12H27NO3SSi/c1-8-9-11(10(2)17(13,14)15)16-18(6,7)12(3,4)5/h8,10-11H,1,9H2,2-7H3,(H2,13,14,15)/t10-,11+/m1/s1. The fraction of sp³-hybridized carbons (Fsp3) is 0.833. The largest absolute Gasteiger partial charge is 0.412 e. The van der Waals surface area contributed by atoms with Gasteiger partial charge in [-0.1, -0.05) is 26.8 Å². The third-order valence-electron chi connectivity index (χ3n) is 3.69. The van der Waals surface area contributed by atoms with E-state index < -0.39 is 29.7 Å². The second-order valence-corrected chi connectivity index (χ2v) is 12.9. The lowest BCUT2D eigenvalue weighted by atomic mass is 10.2. The van der Waals surface area contributed by atoms with Gasteiger partial charge in [-0.05, 0) is 31.5 Å². The predicted molar refractivity (Wildman–Crippen MR) is 79.5 cm³/mol. The molecule has 108 valence electrons. The number of nitrogens with two attached hydrogens (primary N) is 1. The summed E-state index contributed by atoms with van der Waals surface area (Å²) in [6.45, 7) is 15.8. The Morgan fingerprint density at radius 1 is 1.39 bits per heavy atom. The first-order valence-corrected chi connectivity index (χ1v) is 10.6. The summed E-state index contributed by atoms with van der Waals surface area (Å²) in [5.41, 5.74) is 0. The Balaban J connectivity index is 5.12. The SMILES string of the molecule is C=CC[C@H](O[Si](C)(C)C(C)(C)C)[C@@H](C)S(N)(=O)=O. The molecule has 6 heteroatoms. The van der Waals surface area contributed by atoms with Gasteiger partial charge in [-0.2, -0.15) is 0 Å². The lowest BCUT2D eigenvalue weighted by molar-refractivity contribution is 0.181. The Morgan fingerprint density at radius 2 is 1.83 bits per heavy atom. The summed E-state index contributed by atoms with van der Waals surface area (Å²) in [4.78, 5) is 0. The van der Waals surface area contributed by atoms with Crippen molar-refractivity contribution in [1.29, 1.82) is 0 Å². The molecule has 0 saturated carbocycles. The minimum Gasteiger partial charge on any atom is -0.412 e. The molecule has 0 aromatic carbocycles. The smallest absolute Gasteiger partial charge is 0.214 e. The molecule has 0 aromatic rings. The molecule has 4 nitrogen and oxygen atoms in total. The highest BCUT2D eigenvalue weighted by Gasteiger charge is 2.41. The van der Waals surface area contributed by atoms with Crippen LogP contribution in [-0.2, 0) is 14.4 Å². The number of primary sulfonamides is 1. The molecule has 0 spiro atoms. The Labute approximate surface area is 113 Å². The minimum absolute atomic E-state index is 0.0322. The topological polar surface area (TPSA) is 69.4 Å². The average molecular weight is 294 g/mol. The molecule has 0 heterocycles. The van der Waals surface area contributed by atoms with Gasteiger partial charge in [0.15, 0.2) is 8.32 Å². The van der Waals surface area contributed by atoms with Crippen molar-refractivity contribution in [2.24, 2.45) is 5.14 Å². The average Bonchev–Trinajstić information content (AvgIpc) is 2.12. The monoisotopic (exact) mass is 293 g/mol. The molecule has 0 bridgehead atoms. The maximum Gasteiger partial charge on any atom is 0.214 e. The van der Waals surface area contributed by atoms with Gasteiger partial charge in [-0.3, -0.25) is 0 Å². The molecular formula is C12H27NO3SSi. The van der Waals surface area contributed by atoms with Gasteiger partial charge in [-0.25, -0.2) is 13.6 Å². The van der Waals surface area contributed by atoms with Crippen molar-refractivity contribution in [3.8, 4) is 0 Å². The van der Waals surface area contributed by atoms with Gasteiger partial charge in [0.2, 0.25) is 10.0 Å². The second-order valence-electron chi connectivity index (χ2n) is 6.24. The lowest BCUT2D eigenvalue weighted by Crippen LogP contribution is -2.48. The van der Waals surface area contributed by atoms with Crippen LogP contribution < -0.4 is 5.14 Å². The van der Waals surface area contributed by atoms with Crippen LogP contribution in [0.5, 0.6) is 0 Å². The molecule has 0 saturated heterocycles. The molecule has 2 N–H and O–H groups in total. The van der Waals surface area contributed by atoms with Crippen molar-refractivity contribution in [1.82, 2.24) is 0 Å². The van der Waals surface area contributed by atoms with Crippen LogP contribution in [0.1, 0.15) is 34.1 Å². The summed E-state index contributed by atoms with van der Waals surface area (Å²) < 4.78 is 29.1. The normalized spacial score (nSPS) is 17.3. The van der Waals surface area contributed by atoms with Gasteiger partial charge in [0, 0.05) is 0 Å². The zero-order chi connectivity index (χ0) is 14.8. The van der Waals surface area contributed by atoms with E-state index >= 15 is 0 Å². The van der Waals surface area contributed by atoms with Crippen molar-refractivity contribution >= 4 is 18.3 Å². The van der Waals surface area contributed by atoms with E-state index in [1.165, 1.54) is 0 Å². The van der Waals surface area contributed by atoms with E-state index in [9.17, 15) is 8.42 Å². The van der Waals surface area contributed by atoms with Gasteiger partial charge in [0.05, 0.1) is 11.4 Å². The molecule has 0 fully saturated rings. The highest BCUT2D eigenvalue weighted by atomic mass is 32.2. The summed E-state index contributed by atoms with van der Waals surface area (Å²) in [6.07, 6.45) is 1.75. The van der Waals surface area contributed by atoms with E-state index in [0.717, 1.165) is 0 Å². The number of rotatable bonds is 6. The third kappa shape index (κ3) is 4.83. The van der Waals surface area contributed by atoms with Crippen LogP contribution in [0, 0.1) is 0 Å². The zero-order valence-electron chi connectivity index (χ0n) is 12.4. The van der Waals surface area contributed by atoms with Crippen molar-refractivity contribution < 1.29 is 12.8 Å². The summed E-state index contributed by atoms with van der Waals surface area (Å²) >= 11 is 0. The van der Waals surface area contributed by atoms with Crippen LogP contribution >= 0.6 is 0 Å². The quantitative estimate of drug-likeness (QED) is 0.604. The predicted octanol–water partition coefficient (Wildman–Crippen LogP) is 2.63. The minimum atomic E-state index is -3.59. The molecule has 0 aliphatic carbocycles. The highest BCUT2D eigenvalue weighted by Crippen LogP contribution is 2.38. The maximum atomic E-state index is 11.5. The van der Waals surface area contributed by atoms with E-state index in [1.807, 2.05) is 0 Å². The second kappa shape index (κ2) is 5.86. The molecule has 0 rings (SSSR count). The first-order valence-electron chi connectivity index (χ1n) is 6.13. The van der Waals surface area contributed by atoms with Crippen molar-refractivity contribution in [2.45, 2.75) is 63.6 Å². The summed E-state index contributed by atoms with van der Waals surface area (Å²) in [5, 5.41) is 4.53. The van der Waals surface area contributed by atoms with E-state index in [4.69, 9.17) is 9.56 Å². The molecule has 0 radical (unpaired) electrons. The molecule has 0 amide bonds. The van der Waals surface area contributed by atoms with Crippen LogP contribution in [0.15, 0.2) is 12.7 Å². The van der Waals surface area contributed by atoms with Crippen molar-refractivity contribution in [2.75, 3.05) is 0 Å². The molecule has 0 aliphatic heterocycles. The number of sulfonamides is 1. The lowest BCUT2D eigenvalue weighted by Gasteiger charge is -2.40. The number of hydrogen-bond donors (Lipinski definition) is 1. The van der Waals surface area contributed by atoms with E-state index in [1.54, 1.807) is 13.0 Å². The van der Waals surface area contributed by atoms with Crippen LogP contribution in [0.4, 0.5) is 0 Å². The molecule has 0 aromatic heterocycles. The van der Waals surface area contributed by atoms with E-state index in [0.29, 0.717) is 6.42 Å². The Bertz CT molecular complexity index is 385. The first-order chi connectivity index (χ1) is 7.83. The van der Waals surface area contributed by atoms with Gasteiger partial charge in [0.1, 0.15) is 0 Å². The van der Waals surface area contributed by atoms with E-state index in [2.05, 4.69) is 40.4 Å². The molecule has 18 heavy (non-hydrogen) atoms. The van der Waals surface area contributed by atoms with Crippen LogP contribution in [-0.4, -0.2) is 28.1 Å². The fourth-order valence-corrected chi connectivity index (χ4v) is 3.37. The fourth-order valence-electron chi connectivity index (χ4n) is 1.27. The van der Waals surface area contributed by atoms with Crippen LogP contribution in [0.25, 0.3) is 0 Å². The molecular weight excluding hydrogens is 266 g/mol. The van der Waals surface area contributed by atoms with Gasteiger partial charge >= 0.3 is 0 Å². The molecule has 2 atom stereocenters. The van der Waals surface area contributed by atoms with Crippen LogP contribution in [0.3, 0.4) is 0 Å². The highest BCUT2D eigenvalue weighted by molar-refractivity contribution is 7.89. The Hall–Kier alpha value is -0.173. The summed E-state index contributed by atoms with van der Waals surface area (Å²) in [5.74, 6) is 0. The maximum absolute atomic E-state index is 11.5. The van der Waals surface area contributed by atoms with Crippen molar-refractivity contribution in [3.05, 3.63) is 12.7 Å². The molecule has 0 unspecified atom stereocenters. The van der Waals surface area contributed by atoms with Gasteiger partial charge in [-0.15, -0.1) is 6.58 Å². The van der Waals surface area contributed by atoms with Crippen molar-refractivity contribution in [3.63, 3.8) is 0 Å². The Kier molecular flexibility index (Phi) is 5.80. The number of hydrogen-bond acceptors (Lipinski definition) is 3. The first kappa shape index (κ1) is 17.8. The summed E-state index contributed by atoms with van der Waals surface area (Å²) in [7, 11) is -5.61. The zero-order valence-corrected chi connectivity index (χ0v) is 14.2. The van der Waals surface area contributed by atoms with E-state index in [-0.39, 0.29) is 5.04 Å². The third-order valence-corrected chi connectivity index (χ3v) is 9.54. The Morgan fingerprint density at radius 3 is 2.11 bits per heavy atom.